The molecule has 0 saturated heterocycles. The van der Waals surface area contributed by atoms with Gasteiger partial charge < -0.3 is 10.00 Å². The molecule has 1 atom stereocenters. The summed E-state index contributed by atoms with van der Waals surface area (Å²) >= 11 is 0. The molecular weight excluding hydrogens is 179 g/mol. The van der Waals surface area contributed by atoms with Crippen LogP contribution in [0.4, 0.5) is 4.79 Å². The van der Waals surface area contributed by atoms with E-state index in [-0.39, 0.29) is 5.30 Å². The van der Waals surface area contributed by atoms with Crippen LogP contribution in [0.2, 0.25) is 0 Å². The van der Waals surface area contributed by atoms with E-state index < -0.39 is 13.1 Å². The predicted molar refractivity (Wildman–Crippen MR) is 43.9 cm³/mol. The number of rotatable bonds is 2. The highest BCUT2D eigenvalue weighted by Gasteiger charge is 2.30. The normalized spacial score (nSPS) is 15.1. The Morgan fingerprint density at radius 3 is 2.17 bits per heavy atom. The third kappa shape index (κ3) is 1.55. The smallest absolute Gasteiger partial charge is 0.393 e. The third-order valence-electron chi connectivity index (χ3n) is 1.37. The molecule has 1 unspecified atom stereocenters. The van der Waals surface area contributed by atoms with E-state index in [0.717, 1.165) is 0 Å². The highest BCUT2D eigenvalue weighted by molar-refractivity contribution is 7.81. The van der Waals surface area contributed by atoms with E-state index in [0.29, 0.717) is 0 Å². The molecule has 4 nitrogen and oxygen atoms in total. The van der Waals surface area contributed by atoms with Gasteiger partial charge in [0.05, 0.1) is 0 Å². The molecule has 0 radical (unpaired) electrons. The van der Waals surface area contributed by atoms with Crippen LogP contribution < -0.4 is 5.30 Å². The van der Waals surface area contributed by atoms with Gasteiger partial charge in [-0.15, -0.1) is 0 Å². The maximum atomic E-state index is 11.1. The van der Waals surface area contributed by atoms with Crippen LogP contribution in [0.25, 0.3) is 0 Å². The zero-order valence-electron chi connectivity index (χ0n) is 6.04. The Morgan fingerprint density at radius 2 is 1.75 bits per heavy atom. The van der Waals surface area contributed by atoms with Gasteiger partial charge in [0.2, 0.25) is 0 Å². The van der Waals surface area contributed by atoms with Gasteiger partial charge in [-0.1, -0.05) is 18.2 Å². The van der Waals surface area contributed by atoms with Gasteiger partial charge in [0.15, 0.2) is 0 Å². The van der Waals surface area contributed by atoms with Crippen molar-refractivity contribution < 1.29 is 19.4 Å². The summed E-state index contributed by atoms with van der Waals surface area (Å²) in [4.78, 5) is 19.3. The number of carboxylic acid groups (broad SMARTS) is 1. The van der Waals surface area contributed by atoms with Crippen molar-refractivity contribution in [2.24, 2.45) is 0 Å². The van der Waals surface area contributed by atoms with Crippen LogP contribution in [0.1, 0.15) is 0 Å². The number of carbonyl (C=O) groups is 1. The van der Waals surface area contributed by atoms with Gasteiger partial charge in [-0.25, -0.2) is 4.79 Å². The van der Waals surface area contributed by atoms with Crippen molar-refractivity contribution in [1.29, 1.82) is 0 Å². The molecule has 0 amide bonds. The van der Waals surface area contributed by atoms with Crippen molar-refractivity contribution in [2.75, 3.05) is 0 Å². The molecular formula is C7H7O4P. The average molecular weight is 186 g/mol. The van der Waals surface area contributed by atoms with Gasteiger partial charge in [-0.2, -0.15) is 0 Å². The molecule has 0 fully saturated rings. The van der Waals surface area contributed by atoms with Crippen LogP contribution in [-0.4, -0.2) is 15.7 Å². The second-order valence-corrected chi connectivity index (χ2v) is 4.25. The minimum Gasteiger partial charge on any atom is -0.474 e. The molecule has 1 aromatic rings. The molecule has 64 valence electrons. The summed E-state index contributed by atoms with van der Waals surface area (Å²) < 4.78 is 11.1. The molecule has 0 spiro atoms. The molecule has 0 heterocycles. The first-order valence-corrected chi connectivity index (χ1v) is 4.83. The van der Waals surface area contributed by atoms with Crippen LogP contribution >= 0.6 is 7.37 Å². The van der Waals surface area contributed by atoms with Crippen molar-refractivity contribution in [1.82, 2.24) is 0 Å². The Balaban J connectivity index is 3.16. The zero-order chi connectivity index (χ0) is 9.19. The maximum Gasteiger partial charge on any atom is 0.393 e. The van der Waals surface area contributed by atoms with Crippen LogP contribution in [-0.2, 0) is 4.57 Å². The second kappa shape index (κ2) is 3.09. The molecule has 0 aliphatic rings. The molecule has 0 bridgehead atoms. The third-order valence-corrected chi connectivity index (χ3v) is 2.88. The van der Waals surface area contributed by atoms with E-state index >= 15 is 0 Å². The fourth-order valence-electron chi connectivity index (χ4n) is 0.740. The van der Waals surface area contributed by atoms with Crippen molar-refractivity contribution in [3.05, 3.63) is 30.3 Å². The standard InChI is InChI=1S/C7H7O4P/c8-7(9)12(10,11)6-4-2-1-3-5-6/h1-5H,(H,8,9)(H,10,11). The fourth-order valence-corrected chi connectivity index (χ4v) is 1.54. The highest BCUT2D eigenvalue weighted by atomic mass is 31.2. The summed E-state index contributed by atoms with van der Waals surface area (Å²) in [6.45, 7) is 0. The summed E-state index contributed by atoms with van der Waals surface area (Å²) in [5.74, 6) is 0. The summed E-state index contributed by atoms with van der Waals surface area (Å²) in [5, 5.41) is 8.32. The summed E-state index contributed by atoms with van der Waals surface area (Å²) in [6.07, 6.45) is 0. The molecule has 12 heavy (non-hydrogen) atoms. The first-order valence-electron chi connectivity index (χ1n) is 3.17. The Kier molecular flexibility index (Phi) is 2.31. The van der Waals surface area contributed by atoms with E-state index in [4.69, 9.17) is 10.00 Å². The topological polar surface area (TPSA) is 74.6 Å². The number of benzene rings is 1. The first-order chi connectivity index (χ1) is 5.55. The second-order valence-electron chi connectivity index (χ2n) is 2.19. The van der Waals surface area contributed by atoms with Crippen molar-refractivity contribution in [3.63, 3.8) is 0 Å². The lowest BCUT2D eigenvalue weighted by Crippen LogP contribution is -2.09. The zero-order valence-corrected chi connectivity index (χ0v) is 6.94. The summed E-state index contributed by atoms with van der Waals surface area (Å²) in [5.41, 5.74) is -1.69. The quantitative estimate of drug-likeness (QED) is 0.681. The lowest BCUT2D eigenvalue weighted by molar-refractivity contribution is 0.216. The SMILES string of the molecule is O=C(O)P(=O)(O)c1ccccc1. The molecule has 0 aliphatic heterocycles. The van der Waals surface area contributed by atoms with E-state index in [2.05, 4.69) is 0 Å². The Bertz CT molecular complexity index is 333. The molecule has 5 heteroatoms. The van der Waals surface area contributed by atoms with Gasteiger partial charge in [0.1, 0.15) is 0 Å². The molecule has 2 N–H and O–H groups in total. The molecule has 0 aliphatic carbocycles. The minimum atomic E-state index is -4.20. The molecule has 1 rings (SSSR count). The maximum absolute atomic E-state index is 11.1. The van der Waals surface area contributed by atoms with Crippen molar-refractivity contribution >= 4 is 18.4 Å². The highest BCUT2D eigenvalue weighted by Crippen LogP contribution is 2.39. The minimum absolute atomic E-state index is 0.0579. The van der Waals surface area contributed by atoms with Gasteiger partial charge in [-0.3, -0.25) is 4.57 Å². The molecule has 1 aromatic carbocycles. The van der Waals surface area contributed by atoms with Crippen LogP contribution in [0, 0.1) is 0 Å². The van der Waals surface area contributed by atoms with Crippen LogP contribution in [0.15, 0.2) is 30.3 Å². The Labute approximate surface area is 68.9 Å². The first kappa shape index (κ1) is 8.97. The lowest BCUT2D eigenvalue weighted by Gasteiger charge is -2.04. The van der Waals surface area contributed by atoms with E-state index in [1.54, 1.807) is 6.07 Å². The summed E-state index contributed by atoms with van der Waals surface area (Å²) in [6, 6.07) is 7.30. The molecule has 0 saturated carbocycles. The monoisotopic (exact) mass is 186 g/mol. The summed E-state index contributed by atoms with van der Waals surface area (Å²) in [7, 11) is -4.20. The van der Waals surface area contributed by atoms with Gasteiger partial charge >= 0.3 is 13.1 Å². The lowest BCUT2D eigenvalue weighted by atomic mass is 10.4. The largest absolute Gasteiger partial charge is 0.474 e. The van der Waals surface area contributed by atoms with Gasteiger partial charge in [0.25, 0.3) is 0 Å². The average Bonchev–Trinajstić information content (AvgIpc) is 2.06. The molecule has 0 aromatic heterocycles. The van der Waals surface area contributed by atoms with E-state index in [1.165, 1.54) is 24.3 Å². The fraction of sp³-hybridized carbons (Fsp3) is 0. The van der Waals surface area contributed by atoms with Crippen molar-refractivity contribution in [2.45, 2.75) is 0 Å². The van der Waals surface area contributed by atoms with E-state index in [9.17, 15) is 9.36 Å². The number of hydrogen-bond acceptors (Lipinski definition) is 2. The Hall–Kier alpha value is -1.12. The van der Waals surface area contributed by atoms with Crippen LogP contribution in [0.3, 0.4) is 0 Å². The van der Waals surface area contributed by atoms with Gasteiger partial charge in [0, 0.05) is 5.30 Å². The van der Waals surface area contributed by atoms with E-state index in [1.807, 2.05) is 0 Å². The van der Waals surface area contributed by atoms with Crippen LogP contribution in [0.5, 0.6) is 0 Å². The van der Waals surface area contributed by atoms with Gasteiger partial charge in [-0.05, 0) is 12.1 Å². The van der Waals surface area contributed by atoms with Crippen molar-refractivity contribution in [3.8, 4) is 0 Å². The number of hydrogen-bond donors (Lipinski definition) is 2. The predicted octanol–water partition coefficient (Wildman–Crippen LogP) is 1.26. The Morgan fingerprint density at radius 1 is 1.25 bits per heavy atom.